The van der Waals surface area contributed by atoms with Crippen LogP contribution in [0.2, 0.25) is 0 Å². The molecule has 154 valence electrons. The standard InChI is InChI=1S/C23H38O2S2/c1-18-9-8-11-22(19(18)2)26-16-7-6-10-20-12-14-21(15-13-20)17-27(24,25)23(3,4)5/h8-9,11,20-21H,6-7,10,12-17H2,1-5H3. The molecule has 2 nitrogen and oxygen atoms in total. The highest BCUT2D eigenvalue weighted by molar-refractivity contribution is 7.99. The Morgan fingerprint density at radius 3 is 2.26 bits per heavy atom. The lowest BCUT2D eigenvalue weighted by atomic mass is 9.80. The Hall–Kier alpha value is -0.480. The van der Waals surface area contributed by atoms with Crippen LogP contribution in [0.15, 0.2) is 23.1 Å². The Morgan fingerprint density at radius 2 is 1.63 bits per heavy atom. The summed E-state index contributed by atoms with van der Waals surface area (Å²) in [6, 6.07) is 6.57. The molecule has 0 spiro atoms. The van der Waals surface area contributed by atoms with E-state index in [1.54, 1.807) is 0 Å². The molecule has 0 aliphatic heterocycles. The summed E-state index contributed by atoms with van der Waals surface area (Å²) < 4.78 is 24.2. The van der Waals surface area contributed by atoms with Crippen LogP contribution in [-0.4, -0.2) is 24.7 Å². The molecule has 1 aliphatic rings. The third-order valence-electron chi connectivity index (χ3n) is 6.17. The topological polar surface area (TPSA) is 34.1 Å². The van der Waals surface area contributed by atoms with Crippen molar-refractivity contribution in [1.29, 1.82) is 0 Å². The molecule has 27 heavy (non-hydrogen) atoms. The summed E-state index contributed by atoms with van der Waals surface area (Å²) in [7, 11) is -2.97. The summed E-state index contributed by atoms with van der Waals surface area (Å²) in [5.74, 6) is 2.77. The molecule has 1 aromatic carbocycles. The Labute approximate surface area is 171 Å². The number of unbranched alkanes of at least 4 members (excludes halogenated alkanes) is 1. The molecule has 0 atom stereocenters. The van der Waals surface area contributed by atoms with Crippen LogP contribution >= 0.6 is 11.8 Å². The molecule has 0 amide bonds. The Morgan fingerprint density at radius 1 is 1.00 bits per heavy atom. The van der Waals surface area contributed by atoms with Gasteiger partial charge in [0.2, 0.25) is 0 Å². The van der Waals surface area contributed by atoms with E-state index in [0.29, 0.717) is 11.7 Å². The molecule has 0 N–H and O–H groups in total. The molecule has 0 saturated heterocycles. The normalized spacial score (nSPS) is 21.4. The largest absolute Gasteiger partial charge is 0.228 e. The molecule has 2 rings (SSSR count). The maximum absolute atomic E-state index is 12.4. The lowest BCUT2D eigenvalue weighted by Gasteiger charge is -2.30. The Balaban J connectivity index is 1.63. The zero-order chi connectivity index (χ0) is 20.1. The monoisotopic (exact) mass is 410 g/mol. The van der Waals surface area contributed by atoms with E-state index in [1.807, 2.05) is 32.5 Å². The fraction of sp³-hybridized carbons (Fsp3) is 0.739. The number of rotatable bonds is 8. The van der Waals surface area contributed by atoms with Gasteiger partial charge in [0, 0.05) is 4.90 Å². The van der Waals surface area contributed by atoms with E-state index in [1.165, 1.54) is 53.9 Å². The van der Waals surface area contributed by atoms with Crippen molar-refractivity contribution in [3.63, 3.8) is 0 Å². The van der Waals surface area contributed by atoms with E-state index in [-0.39, 0.29) is 0 Å². The molecule has 0 radical (unpaired) electrons. The predicted molar refractivity (Wildman–Crippen MR) is 119 cm³/mol. The summed E-state index contributed by atoms with van der Waals surface area (Å²) in [6.07, 6.45) is 8.51. The van der Waals surface area contributed by atoms with E-state index in [4.69, 9.17) is 0 Å². The number of benzene rings is 1. The van der Waals surface area contributed by atoms with E-state index >= 15 is 0 Å². The maximum Gasteiger partial charge on any atom is 0.155 e. The van der Waals surface area contributed by atoms with E-state index in [9.17, 15) is 8.42 Å². The molecule has 0 aromatic heterocycles. The van der Waals surface area contributed by atoms with Crippen LogP contribution < -0.4 is 0 Å². The zero-order valence-corrected chi connectivity index (χ0v) is 19.5. The smallest absolute Gasteiger partial charge is 0.155 e. The highest BCUT2D eigenvalue weighted by Crippen LogP contribution is 2.34. The van der Waals surface area contributed by atoms with Crippen LogP contribution in [0, 0.1) is 25.7 Å². The van der Waals surface area contributed by atoms with Gasteiger partial charge in [0.1, 0.15) is 0 Å². The fourth-order valence-corrected chi connectivity index (χ4v) is 6.42. The van der Waals surface area contributed by atoms with Crippen molar-refractivity contribution in [2.24, 2.45) is 11.8 Å². The van der Waals surface area contributed by atoms with Crippen LogP contribution in [-0.2, 0) is 9.84 Å². The van der Waals surface area contributed by atoms with Gasteiger partial charge in [-0.2, -0.15) is 0 Å². The quantitative estimate of drug-likeness (QED) is 0.358. The second-order valence-corrected chi connectivity index (χ2v) is 13.2. The zero-order valence-electron chi connectivity index (χ0n) is 17.9. The van der Waals surface area contributed by atoms with Gasteiger partial charge in [-0.05, 0) is 88.7 Å². The van der Waals surface area contributed by atoms with E-state index < -0.39 is 14.6 Å². The van der Waals surface area contributed by atoms with Crippen LogP contribution in [0.25, 0.3) is 0 Å². The predicted octanol–water partition coefficient (Wildman–Crippen LogP) is 6.59. The van der Waals surface area contributed by atoms with Crippen molar-refractivity contribution >= 4 is 21.6 Å². The first-order valence-corrected chi connectivity index (χ1v) is 13.2. The molecule has 1 fully saturated rings. The first-order valence-electron chi connectivity index (χ1n) is 10.5. The van der Waals surface area contributed by atoms with Crippen LogP contribution in [0.5, 0.6) is 0 Å². The molecule has 0 heterocycles. The molecule has 0 unspecified atom stereocenters. The SMILES string of the molecule is Cc1cccc(SCCCCC2CCC(CS(=O)(=O)C(C)(C)C)CC2)c1C. The molecule has 0 bridgehead atoms. The van der Waals surface area contributed by atoms with Gasteiger partial charge < -0.3 is 0 Å². The van der Waals surface area contributed by atoms with E-state index in [0.717, 1.165) is 18.8 Å². The highest BCUT2D eigenvalue weighted by Gasteiger charge is 2.33. The maximum atomic E-state index is 12.4. The Bertz CT molecular complexity index is 694. The Kier molecular flexibility index (Phi) is 8.30. The molecule has 1 aliphatic carbocycles. The molecular weight excluding hydrogens is 372 g/mol. The minimum Gasteiger partial charge on any atom is -0.228 e. The first-order chi connectivity index (χ1) is 12.6. The number of sulfone groups is 1. The summed E-state index contributed by atoms with van der Waals surface area (Å²) in [5.41, 5.74) is 2.80. The van der Waals surface area contributed by atoms with Crippen LogP contribution in [0.3, 0.4) is 0 Å². The van der Waals surface area contributed by atoms with Gasteiger partial charge in [-0.3, -0.25) is 0 Å². The third kappa shape index (κ3) is 6.81. The van der Waals surface area contributed by atoms with Crippen molar-refractivity contribution in [3.05, 3.63) is 29.3 Å². The molecule has 1 aromatic rings. The number of hydrogen-bond acceptors (Lipinski definition) is 3. The lowest BCUT2D eigenvalue weighted by Crippen LogP contribution is -2.34. The van der Waals surface area contributed by atoms with Crippen LogP contribution in [0.4, 0.5) is 0 Å². The molecule has 1 saturated carbocycles. The number of hydrogen-bond donors (Lipinski definition) is 0. The van der Waals surface area contributed by atoms with Gasteiger partial charge in [0.05, 0.1) is 10.5 Å². The van der Waals surface area contributed by atoms with Gasteiger partial charge in [-0.25, -0.2) is 8.42 Å². The average molecular weight is 411 g/mol. The minimum absolute atomic E-state index is 0.380. The van der Waals surface area contributed by atoms with Gasteiger partial charge in [0.25, 0.3) is 0 Å². The summed E-state index contributed by atoms with van der Waals surface area (Å²) in [5, 5.41) is 0. The van der Waals surface area contributed by atoms with Gasteiger partial charge in [-0.15, -0.1) is 11.8 Å². The first kappa shape index (κ1) is 22.8. The van der Waals surface area contributed by atoms with Gasteiger partial charge in [0.15, 0.2) is 9.84 Å². The minimum atomic E-state index is -2.97. The third-order valence-corrected chi connectivity index (χ3v) is 10.2. The number of aryl methyl sites for hydroxylation is 1. The summed E-state index contributed by atoms with van der Waals surface area (Å²) >= 11 is 1.99. The van der Waals surface area contributed by atoms with Crippen molar-refractivity contribution < 1.29 is 8.42 Å². The second kappa shape index (κ2) is 9.82. The fourth-order valence-electron chi connectivity index (χ4n) is 3.84. The lowest BCUT2D eigenvalue weighted by molar-refractivity contribution is 0.273. The highest BCUT2D eigenvalue weighted by atomic mass is 32.2. The van der Waals surface area contributed by atoms with E-state index in [2.05, 4.69) is 32.0 Å². The van der Waals surface area contributed by atoms with Crippen molar-refractivity contribution in [2.45, 2.75) is 89.2 Å². The number of thioether (sulfide) groups is 1. The average Bonchev–Trinajstić information content (AvgIpc) is 2.58. The molecular formula is C23H38O2S2. The summed E-state index contributed by atoms with van der Waals surface area (Å²) in [4.78, 5) is 1.43. The van der Waals surface area contributed by atoms with Crippen molar-refractivity contribution in [2.75, 3.05) is 11.5 Å². The van der Waals surface area contributed by atoms with Crippen LogP contribution in [0.1, 0.15) is 76.8 Å². The van der Waals surface area contributed by atoms with Crippen molar-refractivity contribution in [1.82, 2.24) is 0 Å². The second-order valence-electron chi connectivity index (χ2n) is 9.32. The van der Waals surface area contributed by atoms with Gasteiger partial charge in [-0.1, -0.05) is 37.8 Å². The molecule has 4 heteroatoms. The summed E-state index contributed by atoms with van der Waals surface area (Å²) in [6.45, 7) is 9.87. The van der Waals surface area contributed by atoms with Crippen molar-refractivity contribution in [3.8, 4) is 0 Å². The van der Waals surface area contributed by atoms with Gasteiger partial charge >= 0.3 is 0 Å².